The molecule has 1 aromatic heterocycles. The maximum absolute atomic E-state index is 5.20. The minimum absolute atomic E-state index is 0.746. The fraction of sp³-hybridized carbons (Fsp3) is 0.0909. The van der Waals surface area contributed by atoms with Crippen LogP contribution in [0.5, 0.6) is 0 Å². The summed E-state index contributed by atoms with van der Waals surface area (Å²) in [5.74, 6) is 5.20. The number of rotatable bonds is 1. The van der Waals surface area contributed by atoms with Gasteiger partial charge >= 0.3 is 0 Å². The van der Waals surface area contributed by atoms with E-state index in [-0.39, 0.29) is 0 Å². The molecule has 0 aliphatic rings. The molecule has 0 spiro atoms. The molecule has 70 valence electrons. The maximum Gasteiger partial charge on any atom is 0.0867 e. The second-order valence-corrected chi connectivity index (χ2v) is 3.10. The Hall–Kier alpha value is -1.90. The van der Waals surface area contributed by atoms with Gasteiger partial charge in [-0.15, -0.1) is 0 Å². The molecule has 1 aromatic carbocycles. The summed E-state index contributed by atoms with van der Waals surface area (Å²) < 4.78 is 0. The number of para-hydroxylation sites is 1. The monoisotopic (exact) mass is 185 g/mol. The Morgan fingerprint density at radius 2 is 2.00 bits per heavy atom. The minimum Gasteiger partial charge on any atom is -0.323 e. The Morgan fingerprint density at radius 1 is 1.21 bits per heavy atom. The van der Waals surface area contributed by atoms with Crippen molar-refractivity contribution < 1.29 is 0 Å². The van der Waals surface area contributed by atoms with Crippen LogP contribution in [0.3, 0.4) is 0 Å². The highest BCUT2D eigenvalue weighted by atomic mass is 15.1. The first-order chi connectivity index (χ1) is 6.81. The number of hydrogen-bond donors (Lipinski definition) is 1. The SMILES string of the molecule is C/C(=N\N)c1ccc2ccccc2n1. The molecule has 0 aliphatic heterocycles. The van der Waals surface area contributed by atoms with Crippen molar-refractivity contribution in [3.05, 3.63) is 42.1 Å². The number of fused-ring (bicyclic) bond motifs is 1. The van der Waals surface area contributed by atoms with E-state index in [0.29, 0.717) is 0 Å². The molecule has 2 aromatic rings. The molecular formula is C11H11N3. The third-order valence-electron chi connectivity index (χ3n) is 2.16. The Balaban J connectivity index is 2.62. The van der Waals surface area contributed by atoms with Gasteiger partial charge in [-0.1, -0.05) is 24.3 Å². The van der Waals surface area contributed by atoms with Crippen molar-refractivity contribution in [1.29, 1.82) is 0 Å². The summed E-state index contributed by atoms with van der Waals surface area (Å²) in [6.45, 7) is 1.84. The average Bonchev–Trinajstić information content (AvgIpc) is 2.27. The molecule has 0 saturated carbocycles. The second kappa shape index (κ2) is 3.46. The highest BCUT2D eigenvalue weighted by Crippen LogP contribution is 2.11. The fourth-order valence-corrected chi connectivity index (χ4v) is 1.33. The first-order valence-electron chi connectivity index (χ1n) is 4.42. The molecule has 0 atom stereocenters. The Morgan fingerprint density at radius 3 is 2.79 bits per heavy atom. The van der Waals surface area contributed by atoms with E-state index >= 15 is 0 Å². The van der Waals surface area contributed by atoms with E-state index in [2.05, 4.69) is 10.1 Å². The van der Waals surface area contributed by atoms with Crippen LogP contribution in [0.25, 0.3) is 10.9 Å². The normalized spacial score (nSPS) is 11.9. The third kappa shape index (κ3) is 1.44. The minimum atomic E-state index is 0.746. The lowest BCUT2D eigenvalue weighted by atomic mass is 10.2. The number of hydrazone groups is 1. The number of nitrogens with zero attached hydrogens (tertiary/aromatic N) is 2. The molecule has 0 aliphatic carbocycles. The molecule has 0 bridgehead atoms. The predicted octanol–water partition coefficient (Wildman–Crippen LogP) is 1.92. The van der Waals surface area contributed by atoms with Gasteiger partial charge in [-0.3, -0.25) is 0 Å². The maximum atomic E-state index is 5.20. The number of aromatic nitrogens is 1. The molecule has 1 heterocycles. The zero-order valence-electron chi connectivity index (χ0n) is 7.94. The van der Waals surface area contributed by atoms with Crippen molar-refractivity contribution in [3.8, 4) is 0 Å². The predicted molar refractivity (Wildman–Crippen MR) is 58.1 cm³/mol. The van der Waals surface area contributed by atoms with E-state index in [9.17, 15) is 0 Å². The van der Waals surface area contributed by atoms with Crippen molar-refractivity contribution in [1.82, 2.24) is 4.98 Å². The van der Waals surface area contributed by atoms with Crippen LogP contribution in [0.15, 0.2) is 41.5 Å². The molecule has 0 radical (unpaired) electrons. The van der Waals surface area contributed by atoms with Gasteiger partial charge in [0.25, 0.3) is 0 Å². The van der Waals surface area contributed by atoms with Crippen LogP contribution < -0.4 is 5.84 Å². The molecule has 0 amide bonds. The Bertz CT molecular complexity index is 489. The standard InChI is InChI=1S/C11H11N3/c1-8(14-12)10-7-6-9-4-2-3-5-11(9)13-10/h2-7H,12H2,1H3/b14-8+. The lowest BCUT2D eigenvalue weighted by Crippen LogP contribution is -2.01. The smallest absolute Gasteiger partial charge is 0.0867 e. The van der Waals surface area contributed by atoms with Crippen molar-refractivity contribution in [3.63, 3.8) is 0 Å². The average molecular weight is 185 g/mol. The van der Waals surface area contributed by atoms with Gasteiger partial charge in [-0.2, -0.15) is 5.10 Å². The number of benzene rings is 1. The Kier molecular flexibility index (Phi) is 2.14. The van der Waals surface area contributed by atoms with Crippen LogP contribution >= 0.6 is 0 Å². The van der Waals surface area contributed by atoms with Crippen LogP contribution in [-0.4, -0.2) is 10.7 Å². The van der Waals surface area contributed by atoms with Crippen molar-refractivity contribution in [2.24, 2.45) is 10.9 Å². The van der Waals surface area contributed by atoms with E-state index in [4.69, 9.17) is 5.84 Å². The van der Waals surface area contributed by atoms with E-state index in [1.54, 1.807) is 0 Å². The zero-order chi connectivity index (χ0) is 9.97. The summed E-state index contributed by atoms with van der Waals surface area (Å²) >= 11 is 0. The van der Waals surface area contributed by atoms with Crippen molar-refractivity contribution in [2.75, 3.05) is 0 Å². The zero-order valence-corrected chi connectivity index (χ0v) is 7.94. The van der Waals surface area contributed by atoms with Crippen LogP contribution in [-0.2, 0) is 0 Å². The van der Waals surface area contributed by atoms with E-state index in [1.165, 1.54) is 0 Å². The number of nitrogens with two attached hydrogens (primary N) is 1. The van der Waals surface area contributed by atoms with Gasteiger partial charge in [0, 0.05) is 5.39 Å². The quantitative estimate of drug-likeness (QED) is 0.419. The van der Waals surface area contributed by atoms with Gasteiger partial charge in [-0.25, -0.2) is 4.98 Å². The summed E-state index contributed by atoms with van der Waals surface area (Å²) in [7, 11) is 0. The lowest BCUT2D eigenvalue weighted by molar-refractivity contribution is 1.22. The highest BCUT2D eigenvalue weighted by molar-refractivity contribution is 5.98. The fourth-order valence-electron chi connectivity index (χ4n) is 1.33. The summed E-state index contributed by atoms with van der Waals surface area (Å²) in [5, 5.41) is 4.75. The summed E-state index contributed by atoms with van der Waals surface area (Å²) in [6, 6.07) is 11.9. The van der Waals surface area contributed by atoms with E-state index in [0.717, 1.165) is 22.3 Å². The molecule has 2 N–H and O–H groups in total. The molecule has 0 saturated heterocycles. The van der Waals surface area contributed by atoms with Crippen LogP contribution in [0, 0.1) is 0 Å². The molecule has 3 nitrogen and oxygen atoms in total. The number of hydrogen-bond acceptors (Lipinski definition) is 3. The lowest BCUT2D eigenvalue weighted by Gasteiger charge is -2.00. The Labute approximate surface area is 82.3 Å². The number of pyridine rings is 1. The first kappa shape index (κ1) is 8.69. The van der Waals surface area contributed by atoms with Crippen LogP contribution in [0.2, 0.25) is 0 Å². The first-order valence-corrected chi connectivity index (χ1v) is 4.42. The third-order valence-corrected chi connectivity index (χ3v) is 2.16. The van der Waals surface area contributed by atoms with Gasteiger partial charge < -0.3 is 5.84 Å². The molecule has 0 fully saturated rings. The highest BCUT2D eigenvalue weighted by Gasteiger charge is 1.99. The van der Waals surface area contributed by atoms with Crippen molar-refractivity contribution in [2.45, 2.75) is 6.92 Å². The summed E-state index contributed by atoms with van der Waals surface area (Å²) in [6.07, 6.45) is 0. The largest absolute Gasteiger partial charge is 0.323 e. The second-order valence-electron chi connectivity index (χ2n) is 3.10. The van der Waals surface area contributed by atoms with E-state index < -0.39 is 0 Å². The van der Waals surface area contributed by atoms with Gasteiger partial charge in [0.05, 0.1) is 16.9 Å². The van der Waals surface area contributed by atoms with Crippen LogP contribution in [0.4, 0.5) is 0 Å². The van der Waals surface area contributed by atoms with Gasteiger partial charge in [0.2, 0.25) is 0 Å². The van der Waals surface area contributed by atoms with Crippen LogP contribution in [0.1, 0.15) is 12.6 Å². The molecular weight excluding hydrogens is 174 g/mol. The molecule has 3 heteroatoms. The molecule has 0 unspecified atom stereocenters. The van der Waals surface area contributed by atoms with Gasteiger partial charge in [-0.05, 0) is 19.1 Å². The van der Waals surface area contributed by atoms with Crippen molar-refractivity contribution >= 4 is 16.6 Å². The topological polar surface area (TPSA) is 51.3 Å². The molecule has 2 rings (SSSR count). The molecule has 14 heavy (non-hydrogen) atoms. The summed E-state index contributed by atoms with van der Waals surface area (Å²) in [4.78, 5) is 4.44. The van der Waals surface area contributed by atoms with E-state index in [1.807, 2.05) is 43.3 Å². The van der Waals surface area contributed by atoms with Gasteiger partial charge in [0.15, 0.2) is 0 Å². The summed E-state index contributed by atoms with van der Waals surface area (Å²) in [5.41, 5.74) is 2.54. The van der Waals surface area contributed by atoms with Gasteiger partial charge in [0.1, 0.15) is 0 Å².